The minimum Gasteiger partial charge on any atom is -0.501 e. The summed E-state index contributed by atoms with van der Waals surface area (Å²) in [5, 5.41) is 2.13. The Labute approximate surface area is 330 Å². The zero-order valence-corrected chi connectivity index (χ0v) is 31.1. The Bertz CT molecular complexity index is 2760. The fourth-order valence-electron chi connectivity index (χ4n) is 5.87. The normalized spacial score (nSPS) is 14.2. The van der Waals surface area contributed by atoms with Gasteiger partial charge in [0.15, 0.2) is 0 Å². The minimum absolute atomic E-state index is 0. The third-order valence-corrected chi connectivity index (χ3v) is 8.24. The average Bonchev–Trinajstić information content (AvgIpc) is 3.59. The molecule has 0 amide bonds. The molecule has 52 heavy (non-hydrogen) atoms. The second kappa shape index (κ2) is 15.6. The van der Waals surface area contributed by atoms with Crippen molar-refractivity contribution in [1.82, 2.24) is 9.97 Å². The Morgan fingerprint density at radius 3 is 2.29 bits per heavy atom. The molecule has 0 saturated heterocycles. The van der Waals surface area contributed by atoms with Crippen LogP contribution >= 0.6 is 0 Å². The van der Waals surface area contributed by atoms with Crippen molar-refractivity contribution in [1.29, 1.82) is 0 Å². The van der Waals surface area contributed by atoms with E-state index in [9.17, 15) is 4.39 Å². The molecule has 8 aromatic rings. The largest absolute Gasteiger partial charge is 0.501 e. The molecule has 5 aromatic carbocycles. The van der Waals surface area contributed by atoms with Gasteiger partial charge in [-0.15, -0.1) is 47.5 Å². The molecule has 0 unspecified atom stereocenters. The quantitative estimate of drug-likeness (QED) is 0.162. The SMILES string of the molecule is [2H]C([2H])([2H])c1ccc(-c2[c-]cc(C([2H])([2H])[2H])c(-c3ccc(F)cc3)c2)nc1.[2H]C([2H])(c1ccc(-c2ccnc(-c3[c-]ccc4c3oc3ccccc34)c2)cc1)C(C)(C)C.[Ir]. The van der Waals surface area contributed by atoms with E-state index in [-0.39, 0.29) is 31.2 Å². The van der Waals surface area contributed by atoms with Gasteiger partial charge < -0.3 is 14.4 Å². The Balaban J connectivity index is 0.000000201. The van der Waals surface area contributed by atoms with Crippen molar-refractivity contribution in [2.24, 2.45) is 5.41 Å². The summed E-state index contributed by atoms with van der Waals surface area (Å²) in [5.74, 6) is -0.418. The molecule has 0 fully saturated rings. The number of nitrogens with zero attached hydrogens (tertiary/aromatic N) is 2. The monoisotopic (exact) mass is 867 g/mol. The van der Waals surface area contributed by atoms with E-state index in [2.05, 4.69) is 28.2 Å². The number of benzene rings is 5. The Morgan fingerprint density at radius 1 is 0.769 bits per heavy atom. The summed E-state index contributed by atoms with van der Waals surface area (Å²) in [6, 6.07) is 41.4. The molecule has 8 rings (SSSR count). The van der Waals surface area contributed by atoms with Crippen molar-refractivity contribution >= 4 is 21.9 Å². The molecule has 0 bridgehead atoms. The van der Waals surface area contributed by atoms with Gasteiger partial charge in [-0.2, -0.15) is 0 Å². The standard InChI is InChI=1S/C28H24NO.C19H15FN.Ir/c1-28(2,3)18-19-11-13-20(14-12-19)21-15-16-29-25(17-21)24-9-6-8-23-22-7-4-5-10-26(22)30-27(23)24;1-13-3-10-19(21-12-13)16-5-4-14(2)18(11-16)15-6-8-17(20)9-7-15;/h4-8,10-17H,18H2,1-3H3;3-4,6-12H,1-2H3;/q2*-1;/i18D2;1D3,2D3;. The molecule has 0 spiro atoms. The van der Waals surface area contributed by atoms with Crippen LogP contribution in [0.4, 0.5) is 4.39 Å². The van der Waals surface area contributed by atoms with Gasteiger partial charge in [0, 0.05) is 48.9 Å². The van der Waals surface area contributed by atoms with Crippen LogP contribution < -0.4 is 0 Å². The summed E-state index contributed by atoms with van der Waals surface area (Å²) < 4.78 is 81.8. The maximum atomic E-state index is 13.2. The molecule has 5 heteroatoms. The van der Waals surface area contributed by atoms with Gasteiger partial charge >= 0.3 is 0 Å². The first-order chi connectivity index (χ1) is 27.8. The van der Waals surface area contributed by atoms with Crippen LogP contribution in [0.1, 0.15) is 48.4 Å². The molecule has 0 atom stereocenters. The first-order valence-corrected chi connectivity index (χ1v) is 16.5. The summed E-state index contributed by atoms with van der Waals surface area (Å²) >= 11 is 0. The first kappa shape index (κ1) is 27.4. The molecule has 1 radical (unpaired) electrons. The van der Waals surface area contributed by atoms with Gasteiger partial charge in [0.05, 0.1) is 5.58 Å². The van der Waals surface area contributed by atoms with Crippen molar-refractivity contribution in [3.8, 4) is 44.8 Å². The van der Waals surface area contributed by atoms with Crippen LogP contribution in [0.5, 0.6) is 0 Å². The number of pyridine rings is 2. The third kappa shape index (κ3) is 8.29. The third-order valence-electron chi connectivity index (χ3n) is 8.24. The summed E-state index contributed by atoms with van der Waals surface area (Å²) in [4.78, 5) is 8.76. The van der Waals surface area contributed by atoms with E-state index in [0.717, 1.165) is 44.3 Å². The predicted molar refractivity (Wildman–Crippen MR) is 208 cm³/mol. The average molecular weight is 867 g/mol. The first-order valence-electron chi connectivity index (χ1n) is 20.5. The number of aromatic nitrogens is 2. The second-order valence-electron chi connectivity index (χ2n) is 13.2. The van der Waals surface area contributed by atoms with Crippen LogP contribution in [0.15, 0.2) is 138 Å². The van der Waals surface area contributed by atoms with E-state index in [1.165, 1.54) is 42.6 Å². The van der Waals surface area contributed by atoms with Crippen LogP contribution in [0, 0.1) is 37.1 Å². The zero-order valence-electron chi connectivity index (χ0n) is 36.7. The van der Waals surface area contributed by atoms with Gasteiger partial charge in [0.25, 0.3) is 0 Å². The number of para-hydroxylation sites is 1. The predicted octanol–water partition coefficient (Wildman–Crippen LogP) is 12.7. The maximum Gasteiger partial charge on any atom is 0.123 e. The van der Waals surface area contributed by atoms with E-state index in [1.807, 2.05) is 87.5 Å². The van der Waals surface area contributed by atoms with Gasteiger partial charge in [0.2, 0.25) is 0 Å². The number of aryl methyl sites for hydroxylation is 2. The molecule has 0 saturated carbocycles. The molecule has 0 aliphatic heterocycles. The number of rotatable bonds is 5. The summed E-state index contributed by atoms with van der Waals surface area (Å²) in [6.45, 7) is 1.15. The maximum absolute atomic E-state index is 13.2. The second-order valence-corrected chi connectivity index (χ2v) is 13.2. The summed E-state index contributed by atoms with van der Waals surface area (Å²) in [5.41, 5.74) is 7.64. The molecule has 3 aromatic heterocycles. The number of fused-ring (bicyclic) bond motifs is 3. The van der Waals surface area contributed by atoms with E-state index in [0.29, 0.717) is 27.9 Å². The number of hydrogen-bond donors (Lipinski definition) is 0. The Hall–Kier alpha value is -5.22. The smallest absolute Gasteiger partial charge is 0.123 e. The molecular formula is C47H39FIrN2O-2. The van der Waals surface area contributed by atoms with E-state index >= 15 is 0 Å². The van der Waals surface area contributed by atoms with Crippen molar-refractivity contribution in [2.75, 3.05) is 0 Å². The van der Waals surface area contributed by atoms with Gasteiger partial charge in [0.1, 0.15) is 11.4 Å². The topological polar surface area (TPSA) is 38.9 Å². The zero-order chi connectivity index (χ0) is 42.3. The molecule has 3 nitrogen and oxygen atoms in total. The fourth-order valence-corrected chi connectivity index (χ4v) is 5.87. The van der Waals surface area contributed by atoms with Crippen molar-refractivity contribution in [2.45, 2.75) is 40.8 Å². The molecule has 261 valence electrons. The van der Waals surface area contributed by atoms with Gasteiger partial charge in [-0.25, -0.2) is 4.39 Å². The minimum atomic E-state index is -2.36. The van der Waals surface area contributed by atoms with Gasteiger partial charge in [-0.3, -0.25) is 0 Å². The number of hydrogen-bond acceptors (Lipinski definition) is 3. The molecule has 3 heterocycles. The Kier molecular flexibility index (Phi) is 8.22. The van der Waals surface area contributed by atoms with Crippen molar-refractivity contribution in [3.63, 3.8) is 0 Å². The molecule has 0 aliphatic rings. The summed E-state index contributed by atoms with van der Waals surface area (Å²) in [7, 11) is 0. The molecule has 0 N–H and O–H groups in total. The van der Waals surface area contributed by atoms with Crippen LogP contribution in [-0.2, 0) is 26.5 Å². The van der Waals surface area contributed by atoms with E-state index in [4.69, 9.17) is 15.4 Å². The van der Waals surface area contributed by atoms with Crippen LogP contribution in [0.2, 0.25) is 0 Å². The number of furan rings is 1. The molecule has 0 aliphatic carbocycles. The van der Waals surface area contributed by atoms with Gasteiger partial charge in [-0.05, 0) is 82.1 Å². The van der Waals surface area contributed by atoms with E-state index in [1.54, 1.807) is 18.3 Å². The number of halogens is 1. The van der Waals surface area contributed by atoms with Crippen LogP contribution in [-0.4, -0.2) is 9.97 Å². The summed E-state index contributed by atoms with van der Waals surface area (Å²) in [6.07, 6.45) is 1.65. The fraction of sp³-hybridized carbons (Fsp3) is 0.149. The van der Waals surface area contributed by atoms with Crippen molar-refractivity contribution in [3.05, 3.63) is 168 Å². The van der Waals surface area contributed by atoms with Gasteiger partial charge in [-0.1, -0.05) is 117 Å². The van der Waals surface area contributed by atoms with Crippen LogP contribution in [0.3, 0.4) is 0 Å². The molecular weight excluding hydrogens is 820 g/mol. The van der Waals surface area contributed by atoms with Crippen molar-refractivity contribution < 1.29 is 39.9 Å². The Morgan fingerprint density at radius 2 is 1.56 bits per heavy atom. The van der Waals surface area contributed by atoms with Crippen LogP contribution in [0.25, 0.3) is 66.7 Å². The van der Waals surface area contributed by atoms with E-state index < -0.39 is 31.3 Å².